The van der Waals surface area contributed by atoms with Gasteiger partial charge in [-0.05, 0) is 31.0 Å². The van der Waals surface area contributed by atoms with E-state index in [0.29, 0.717) is 6.04 Å². The van der Waals surface area contributed by atoms with Gasteiger partial charge in [-0.2, -0.15) is 0 Å². The van der Waals surface area contributed by atoms with Gasteiger partial charge < -0.3 is 5.32 Å². The van der Waals surface area contributed by atoms with Crippen molar-refractivity contribution in [3.63, 3.8) is 0 Å². The van der Waals surface area contributed by atoms with Gasteiger partial charge in [-0.3, -0.25) is 0 Å². The van der Waals surface area contributed by atoms with Gasteiger partial charge in [0.25, 0.3) is 0 Å². The quantitative estimate of drug-likeness (QED) is 0.705. The van der Waals surface area contributed by atoms with Crippen LogP contribution in [-0.4, -0.2) is 18.3 Å². The van der Waals surface area contributed by atoms with Crippen molar-refractivity contribution in [1.82, 2.24) is 5.32 Å². The molecule has 0 spiro atoms. The third-order valence-electron chi connectivity index (χ3n) is 3.15. The lowest BCUT2D eigenvalue weighted by molar-refractivity contribution is 0.423. The summed E-state index contributed by atoms with van der Waals surface area (Å²) >= 11 is 1.61. The fourth-order valence-corrected chi connectivity index (χ4v) is 2.92. The van der Waals surface area contributed by atoms with E-state index in [1.165, 1.54) is 12.5 Å². The first-order valence-electron chi connectivity index (χ1n) is 6.78. The predicted octanol–water partition coefficient (Wildman–Crippen LogP) is 4.33. The van der Waals surface area contributed by atoms with Crippen molar-refractivity contribution in [1.29, 1.82) is 0 Å². The molecule has 0 aliphatic rings. The molecule has 0 aromatic heterocycles. The van der Waals surface area contributed by atoms with E-state index in [2.05, 4.69) is 26.1 Å². The first kappa shape index (κ1) is 15.5. The van der Waals surface area contributed by atoms with Crippen molar-refractivity contribution in [3.8, 4) is 0 Å². The van der Waals surface area contributed by atoms with E-state index in [1.54, 1.807) is 17.8 Å². The molecule has 3 heteroatoms. The molecular formula is C15H24FNS. The van der Waals surface area contributed by atoms with Gasteiger partial charge in [0.2, 0.25) is 0 Å². The molecule has 1 aromatic rings. The third kappa shape index (κ3) is 5.40. The number of halogens is 1. The fourth-order valence-electron chi connectivity index (χ4n) is 1.90. The Bertz CT molecular complexity index is 343. The van der Waals surface area contributed by atoms with E-state index in [9.17, 15) is 4.39 Å². The number of hydrogen-bond donors (Lipinski definition) is 1. The summed E-state index contributed by atoms with van der Waals surface area (Å²) in [6.07, 6.45) is 2.36. The zero-order valence-corrected chi connectivity index (χ0v) is 12.4. The van der Waals surface area contributed by atoms with Crippen LogP contribution in [0.25, 0.3) is 0 Å². The van der Waals surface area contributed by atoms with Crippen molar-refractivity contribution in [2.75, 3.05) is 12.3 Å². The van der Waals surface area contributed by atoms with Gasteiger partial charge in [0.1, 0.15) is 5.82 Å². The molecule has 0 fully saturated rings. The van der Waals surface area contributed by atoms with Gasteiger partial charge in [0.15, 0.2) is 0 Å². The van der Waals surface area contributed by atoms with Crippen molar-refractivity contribution in [3.05, 3.63) is 30.1 Å². The summed E-state index contributed by atoms with van der Waals surface area (Å²) < 4.78 is 13.5. The van der Waals surface area contributed by atoms with Crippen molar-refractivity contribution in [2.24, 2.45) is 5.92 Å². The molecule has 1 rings (SSSR count). The topological polar surface area (TPSA) is 12.0 Å². The molecule has 0 amide bonds. The van der Waals surface area contributed by atoms with Crippen LogP contribution in [0.15, 0.2) is 29.2 Å². The van der Waals surface area contributed by atoms with Gasteiger partial charge in [-0.25, -0.2) is 4.39 Å². The molecular weight excluding hydrogens is 245 g/mol. The normalized spacial score (nSPS) is 14.4. The SMILES string of the molecule is CCNC(CSc1ccccc1F)CC(C)CC. The van der Waals surface area contributed by atoms with Gasteiger partial charge in [-0.15, -0.1) is 11.8 Å². The molecule has 0 bridgehead atoms. The summed E-state index contributed by atoms with van der Waals surface area (Å²) in [6.45, 7) is 7.59. The molecule has 2 atom stereocenters. The van der Waals surface area contributed by atoms with E-state index in [0.717, 1.165) is 29.5 Å². The molecule has 0 heterocycles. The zero-order chi connectivity index (χ0) is 13.4. The Morgan fingerprint density at radius 1 is 1.28 bits per heavy atom. The Balaban J connectivity index is 2.49. The van der Waals surface area contributed by atoms with E-state index < -0.39 is 0 Å². The van der Waals surface area contributed by atoms with E-state index in [-0.39, 0.29) is 5.82 Å². The Morgan fingerprint density at radius 2 is 2.00 bits per heavy atom. The number of benzene rings is 1. The Morgan fingerprint density at radius 3 is 2.61 bits per heavy atom. The summed E-state index contributed by atoms with van der Waals surface area (Å²) in [5.41, 5.74) is 0. The van der Waals surface area contributed by atoms with E-state index >= 15 is 0 Å². The number of thioether (sulfide) groups is 1. The molecule has 102 valence electrons. The van der Waals surface area contributed by atoms with Crippen molar-refractivity contribution < 1.29 is 4.39 Å². The van der Waals surface area contributed by atoms with Crippen molar-refractivity contribution in [2.45, 2.75) is 44.6 Å². The van der Waals surface area contributed by atoms with Crippen LogP contribution in [0, 0.1) is 11.7 Å². The lowest BCUT2D eigenvalue weighted by Gasteiger charge is -2.20. The van der Waals surface area contributed by atoms with Gasteiger partial charge in [0.05, 0.1) is 0 Å². The predicted molar refractivity (Wildman–Crippen MR) is 78.7 cm³/mol. The smallest absolute Gasteiger partial charge is 0.136 e. The molecule has 1 N–H and O–H groups in total. The molecule has 1 aromatic carbocycles. The van der Waals surface area contributed by atoms with Crippen LogP contribution in [0.4, 0.5) is 4.39 Å². The second kappa shape index (κ2) is 8.54. The molecule has 0 saturated heterocycles. The minimum Gasteiger partial charge on any atom is -0.313 e. The Labute approximate surface area is 115 Å². The second-order valence-electron chi connectivity index (χ2n) is 4.75. The molecule has 18 heavy (non-hydrogen) atoms. The van der Waals surface area contributed by atoms with Crippen molar-refractivity contribution >= 4 is 11.8 Å². The standard InChI is InChI=1S/C15H24FNS/c1-4-12(3)10-13(17-5-2)11-18-15-9-7-6-8-14(15)16/h6-9,12-13,17H,4-5,10-11H2,1-3H3. The summed E-state index contributed by atoms with van der Waals surface area (Å²) in [5.74, 6) is 1.54. The largest absolute Gasteiger partial charge is 0.313 e. The minimum absolute atomic E-state index is 0.110. The van der Waals surface area contributed by atoms with Crippen LogP contribution in [0.1, 0.15) is 33.6 Å². The van der Waals surface area contributed by atoms with E-state index in [1.807, 2.05) is 12.1 Å². The monoisotopic (exact) mass is 269 g/mol. The first-order valence-corrected chi connectivity index (χ1v) is 7.76. The second-order valence-corrected chi connectivity index (χ2v) is 5.81. The third-order valence-corrected chi connectivity index (χ3v) is 4.36. The summed E-state index contributed by atoms with van der Waals surface area (Å²) in [7, 11) is 0. The maximum absolute atomic E-state index is 13.5. The number of nitrogens with one attached hydrogen (secondary N) is 1. The van der Waals surface area contributed by atoms with Gasteiger partial charge in [0, 0.05) is 16.7 Å². The zero-order valence-electron chi connectivity index (χ0n) is 11.6. The maximum Gasteiger partial charge on any atom is 0.136 e. The average molecular weight is 269 g/mol. The number of hydrogen-bond acceptors (Lipinski definition) is 2. The highest BCUT2D eigenvalue weighted by Crippen LogP contribution is 2.23. The van der Waals surface area contributed by atoms with Gasteiger partial charge in [-0.1, -0.05) is 39.3 Å². The number of rotatable bonds is 8. The minimum atomic E-state index is -0.110. The van der Waals surface area contributed by atoms with Gasteiger partial charge >= 0.3 is 0 Å². The highest BCUT2D eigenvalue weighted by molar-refractivity contribution is 7.99. The molecule has 0 saturated carbocycles. The van der Waals surface area contributed by atoms with Crippen LogP contribution in [0.2, 0.25) is 0 Å². The fraction of sp³-hybridized carbons (Fsp3) is 0.600. The summed E-state index contributed by atoms with van der Waals surface area (Å²) in [6, 6.07) is 7.48. The molecule has 0 aliphatic heterocycles. The van der Waals surface area contributed by atoms with Crippen LogP contribution in [0.5, 0.6) is 0 Å². The van der Waals surface area contributed by atoms with E-state index in [4.69, 9.17) is 0 Å². The van der Waals surface area contributed by atoms with Crippen LogP contribution < -0.4 is 5.32 Å². The summed E-state index contributed by atoms with van der Waals surface area (Å²) in [4.78, 5) is 0.754. The average Bonchev–Trinajstić information content (AvgIpc) is 2.37. The molecule has 0 radical (unpaired) electrons. The first-order chi connectivity index (χ1) is 8.67. The highest BCUT2D eigenvalue weighted by Gasteiger charge is 2.12. The maximum atomic E-state index is 13.5. The molecule has 0 aliphatic carbocycles. The Kier molecular flexibility index (Phi) is 7.36. The molecule has 2 unspecified atom stereocenters. The summed E-state index contributed by atoms with van der Waals surface area (Å²) in [5, 5.41) is 3.49. The van der Waals surface area contributed by atoms with Crippen LogP contribution in [-0.2, 0) is 0 Å². The highest BCUT2D eigenvalue weighted by atomic mass is 32.2. The lowest BCUT2D eigenvalue weighted by Crippen LogP contribution is -2.32. The lowest BCUT2D eigenvalue weighted by atomic mass is 10.0. The van der Waals surface area contributed by atoms with Crippen LogP contribution >= 0.6 is 11.8 Å². The van der Waals surface area contributed by atoms with Crippen LogP contribution in [0.3, 0.4) is 0 Å². The molecule has 1 nitrogen and oxygen atoms in total. The Hall–Kier alpha value is -0.540.